The number of carbonyl (C=O) groups excluding carboxylic acids is 2. The van der Waals surface area contributed by atoms with Gasteiger partial charge in [-0.15, -0.1) is 12.4 Å². The van der Waals surface area contributed by atoms with Crippen LogP contribution in [-0.2, 0) is 14.3 Å². The molecule has 2 atom stereocenters. The Bertz CT molecular complexity index is 281. The first-order chi connectivity index (χ1) is 6.88. The van der Waals surface area contributed by atoms with Crippen LogP contribution in [0, 0.1) is 5.41 Å². The minimum absolute atomic E-state index is 0. The van der Waals surface area contributed by atoms with Crippen molar-refractivity contribution < 1.29 is 14.3 Å². The predicted molar refractivity (Wildman–Crippen MR) is 62.4 cm³/mol. The zero-order valence-electron chi connectivity index (χ0n) is 9.99. The van der Waals surface area contributed by atoms with Crippen molar-refractivity contribution in [2.75, 3.05) is 13.7 Å². The normalized spacial score (nSPS) is 23.4. The summed E-state index contributed by atoms with van der Waals surface area (Å²) in [6.07, 6.45) is 0. The van der Waals surface area contributed by atoms with Gasteiger partial charge in [-0.1, -0.05) is 13.8 Å². The van der Waals surface area contributed by atoms with Crippen LogP contribution in [-0.4, -0.2) is 37.6 Å². The van der Waals surface area contributed by atoms with Crippen molar-refractivity contribution in [1.82, 2.24) is 10.6 Å². The first-order valence-electron chi connectivity index (χ1n) is 5.00. The molecule has 0 bridgehead atoms. The van der Waals surface area contributed by atoms with Gasteiger partial charge < -0.3 is 15.4 Å². The summed E-state index contributed by atoms with van der Waals surface area (Å²) in [5.74, 6) is -0.579. The van der Waals surface area contributed by atoms with E-state index < -0.39 is 12.0 Å². The molecule has 2 N–H and O–H groups in total. The molecule has 1 saturated heterocycles. The fraction of sp³-hybridized carbons (Fsp3) is 0.800. The highest BCUT2D eigenvalue weighted by atomic mass is 35.5. The Morgan fingerprint density at radius 2 is 2.06 bits per heavy atom. The summed E-state index contributed by atoms with van der Waals surface area (Å²) in [4.78, 5) is 22.8. The summed E-state index contributed by atoms with van der Waals surface area (Å²) < 4.78 is 4.52. The van der Waals surface area contributed by atoms with Crippen molar-refractivity contribution in [2.24, 2.45) is 5.41 Å². The number of hydrogen-bond acceptors (Lipinski definition) is 4. The average molecular weight is 251 g/mol. The van der Waals surface area contributed by atoms with Crippen LogP contribution >= 0.6 is 12.4 Å². The quantitative estimate of drug-likeness (QED) is 0.697. The van der Waals surface area contributed by atoms with E-state index in [4.69, 9.17) is 0 Å². The predicted octanol–water partition coefficient (Wildman–Crippen LogP) is 0.0839. The third-order valence-corrected chi connectivity index (χ3v) is 2.72. The summed E-state index contributed by atoms with van der Waals surface area (Å²) in [6, 6.07) is -0.815. The Balaban J connectivity index is 0.00000225. The molecular formula is C10H19ClN2O3. The Kier molecular flexibility index (Phi) is 5.22. The van der Waals surface area contributed by atoms with E-state index in [1.54, 1.807) is 6.92 Å². The Labute approximate surface area is 102 Å². The fourth-order valence-corrected chi connectivity index (χ4v) is 1.59. The lowest BCUT2D eigenvalue weighted by molar-refractivity contribution is -0.145. The van der Waals surface area contributed by atoms with Crippen LogP contribution in [0.15, 0.2) is 0 Å². The van der Waals surface area contributed by atoms with Crippen LogP contribution < -0.4 is 10.6 Å². The van der Waals surface area contributed by atoms with Gasteiger partial charge in [0.2, 0.25) is 5.91 Å². The second-order valence-corrected chi connectivity index (χ2v) is 4.56. The zero-order chi connectivity index (χ0) is 11.6. The van der Waals surface area contributed by atoms with Crippen molar-refractivity contribution in [3.63, 3.8) is 0 Å². The summed E-state index contributed by atoms with van der Waals surface area (Å²) in [5, 5.41) is 5.65. The molecule has 0 aromatic rings. The molecule has 1 aliphatic rings. The monoisotopic (exact) mass is 250 g/mol. The van der Waals surface area contributed by atoms with Crippen LogP contribution in [0.25, 0.3) is 0 Å². The second kappa shape index (κ2) is 5.50. The van der Waals surface area contributed by atoms with E-state index in [0.29, 0.717) is 0 Å². The summed E-state index contributed by atoms with van der Waals surface area (Å²) >= 11 is 0. The minimum Gasteiger partial charge on any atom is -0.467 e. The maximum absolute atomic E-state index is 11.7. The van der Waals surface area contributed by atoms with Gasteiger partial charge >= 0.3 is 5.97 Å². The van der Waals surface area contributed by atoms with Gasteiger partial charge in [0.25, 0.3) is 0 Å². The van der Waals surface area contributed by atoms with Gasteiger partial charge in [0.1, 0.15) is 6.04 Å². The van der Waals surface area contributed by atoms with Crippen molar-refractivity contribution in [3.05, 3.63) is 0 Å². The molecule has 1 fully saturated rings. The molecule has 0 saturated carbocycles. The zero-order valence-corrected chi connectivity index (χ0v) is 10.8. The van der Waals surface area contributed by atoms with Gasteiger partial charge in [0.15, 0.2) is 0 Å². The molecule has 16 heavy (non-hydrogen) atoms. The third kappa shape index (κ3) is 3.09. The molecule has 2 unspecified atom stereocenters. The number of carbonyl (C=O) groups is 2. The summed E-state index contributed by atoms with van der Waals surface area (Å²) in [7, 11) is 1.30. The fourth-order valence-electron chi connectivity index (χ4n) is 1.59. The first-order valence-corrected chi connectivity index (χ1v) is 5.00. The van der Waals surface area contributed by atoms with Crippen LogP contribution in [0.4, 0.5) is 0 Å². The molecule has 0 spiro atoms. The van der Waals surface area contributed by atoms with Gasteiger partial charge in [-0.05, 0) is 6.92 Å². The first kappa shape index (κ1) is 15.2. The Morgan fingerprint density at radius 3 is 2.38 bits per heavy atom. The van der Waals surface area contributed by atoms with Gasteiger partial charge in [-0.3, -0.25) is 4.79 Å². The molecule has 0 aliphatic carbocycles. The molecule has 5 nitrogen and oxygen atoms in total. The van der Waals surface area contributed by atoms with Crippen LogP contribution in [0.1, 0.15) is 20.8 Å². The number of ether oxygens (including phenoxy) is 1. The summed E-state index contributed by atoms with van der Waals surface area (Å²) in [5.41, 5.74) is -0.0417. The highest BCUT2D eigenvalue weighted by Gasteiger charge is 2.43. The average Bonchev–Trinajstić information content (AvgIpc) is 2.14. The highest BCUT2D eigenvalue weighted by molar-refractivity contribution is 5.88. The number of halogens is 1. The number of nitrogens with one attached hydrogen (secondary N) is 2. The maximum Gasteiger partial charge on any atom is 0.328 e. The van der Waals surface area contributed by atoms with Crippen LogP contribution in [0.3, 0.4) is 0 Å². The molecule has 1 rings (SSSR count). The molecule has 1 heterocycles. The molecule has 0 radical (unpaired) electrons. The largest absolute Gasteiger partial charge is 0.467 e. The Morgan fingerprint density at radius 1 is 1.50 bits per heavy atom. The number of hydrogen-bond donors (Lipinski definition) is 2. The minimum atomic E-state index is -0.597. The number of amides is 1. The molecule has 1 amide bonds. The van der Waals surface area contributed by atoms with Gasteiger partial charge in [-0.2, -0.15) is 0 Å². The third-order valence-electron chi connectivity index (χ3n) is 2.72. The van der Waals surface area contributed by atoms with E-state index in [-0.39, 0.29) is 29.8 Å². The van der Waals surface area contributed by atoms with E-state index in [0.717, 1.165) is 6.54 Å². The molecular weight excluding hydrogens is 232 g/mol. The van der Waals surface area contributed by atoms with Gasteiger partial charge in [-0.25, -0.2) is 4.79 Å². The lowest BCUT2D eigenvalue weighted by Gasteiger charge is -2.44. The molecule has 6 heteroatoms. The topological polar surface area (TPSA) is 67.4 Å². The van der Waals surface area contributed by atoms with Gasteiger partial charge in [0, 0.05) is 12.0 Å². The number of esters is 1. The molecule has 94 valence electrons. The highest BCUT2D eigenvalue weighted by Crippen LogP contribution is 2.27. The summed E-state index contributed by atoms with van der Waals surface area (Å²) in [6.45, 7) is 6.44. The standard InChI is InChI=1S/C10H18N2O3.ClH/c1-6(9(14)15-4)12-8(13)7-10(2,3)5-11-7;/h6-7,11H,5H2,1-4H3,(H,12,13);1H. The van der Waals surface area contributed by atoms with Gasteiger partial charge in [0.05, 0.1) is 13.2 Å². The van der Waals surface area contributed by atoms with Crippen LogP contribution in [0.2, 0.25) is 0 Å². The molecule has 1 aliphatic heterocycles. The van der Waals surface area contributed by atoms with Crippen LogP contribution in [0.5, 0.6) is 0 Å². The van der Waals surface area contributed by atoms with Crippen molar-refractivity contribution in [1.29, 1.82) is 0 Å². The number of rotatable bonds is 3. The second-order valence-electron chi connectivity index (χ2n) is 4.56. The Hall–Kier alpha value is -0.810. The smallest absolute Gasteiger partial charge is 0.328 e. The SMILES string of the molecule is COC(=O)C(C)NC(=O)C1NCC1(C)C.Cl. The van der Waals surface area contributed by atoms with Crippen molar-refractivity contribution in [2.45, 2.75) is 32.9 Å². The lowest BCUT2D eigenvalue weighted by atomic mass is 9.77. The van der Waals surface area contributed by atoms with E-state index in [1.165, 1.54) is 7.11 Å². The maximum atomic E-state index is 11.7. The number of methoxy groups -OCH3 is 1. The molecule has 0 aromatic heterocycles. The van der Waals surface area contributed by atoms with E-state index in [1.807, 2.05) is 13.8 Å². The van der Waals surface area contributed by atoms with E-state index >= 15 is 0 Å². The van der Waals surface area contributed by atoms with E-state index in [2.05, 4.69) is 15.4 Å². The molecule has 0 aromatic carbocycles. The van der Waals surface area contributed by atoms with E-state index in [9.17, 15) is 9.59 Å². The lowest BCUT2D eigenvalue weighted by Crippen LogP contribution is -2.66. The van der Waals surface area contributed by atoms with Crippen molar-refractivity contribution >= 4 is 24.3 Å². The van der Waals surface area contributed by atoms with Crippen molar-refractivity contribution in [3.8, 4) is 0 Å².